The van der Waals surface area contributed by atoms with E-state index < -0.39 is 23.8 Å². The number of carbonyl (C=O) groups is 4. The van der Waals surface area contributed by atoms with Crippen LogP contribution in [0.3, 0.4) is 0 Å². The lowest BCUT2D eigenvalue weighted by molar-refractivity contribution is -0.136. The number of nitrogens with one attached hydrogen (secondary N) is 1. The van der Waals surface area contributed by atoms with Crippen molar-refractivity contribution in [2.24, 2.45) is 17.3 Å². The van der Waals surface area contributed by atoms with Gasteiger partial charge in [-0.2, -0.15) is 5.26 Å². The van der Waals surface area contributed by atoms with Gasteiger partial charge in [-0.25, -0.2) is 4.98 Å². The van der Waals surface area contributed by atoms with Crippen molar-refractivity contribution < 1.29 is 19.2 Å². The summed E-state index contributed by atoms with van der Waals surface area (Å²) in [7, 11) is 0. The molecule has 9 rings (SSSR count). The molecule has 1 spiro atoms. The number of aromatic nitrogens is 1. The van der Waals surface area contributed by atoms with Crippen molar-refractivity contribution in [3.8, 4) is 6.07 Å². The number of amides is 4. The highest BCUT2D eigenvalue weighted by molar-refractivity contribution is 6.32. The van der Waals surface area contributed by atoms with Crippen LogP contribution in [0.2, 0.25) is 5.02 Å². The Balaban J connectivity index is 0.724. The van der Waals surface area contributed by atoms with Crippen molar-refractivity contribution in [2.45, 2.75) is 70.5 Å². The van der Waals surface area contributed by atoms with Crippen LogP contribution in [-0.4, -0.2) is 96.3 Å². The van der Waals surface area contributed by atoms with Gasteiger partial charge in [0.25, 0.3) is 11.8 Å². The minimum absolute atomic E-state index is 0.105. The molecule has 4 amide bonds. The van der Waals surface area contributed by atoms with E-state index in [2.05, 4.69) is 56.2 Å². The first-order chi connectivity index (χ1) is 27.1. The van der Waals surface area contributed by atoms with E-state index >= 15 is 0 Å². The monoisotopic (exact) mass is 774 g/mol. The predicted molar refractivity (Wildman–Crippen MR) is 213 cm³/mol. The van der Waals surface area contributed by atoms with Crippen LogP contribution < -0.4 is 20.0 Å². The predicted octanol–water partition coefficient (Wildman–Crippen LogP) is 5.24. The number of fused-ring (bicyclic) bond motifs is 1. The fourth-order valence-corrected chi connectivity index (χ4v) is 10.5. The molecule has 1 unspecified atom stereocenters. The molecule has 0 bridgehead atoms. The van der Waals surface area contributed by atoms with E-state index in [9.17, 15) is 24.4 Å². The van der Waals surface area contributed by atoms with Crippen molar-refractivity contribution in [1.29, 1.82) is 5.26 Å². The lowest BCUT2D eigenvalue weighted by atomic mass is 9.77. The lowest BCUT2D eigenvalue weighted by Crippen LogP contribution is -2.54. The minimum atomic E-state index is -0.955. The van der Waals surface area contributed by atoms with Gasteiger partial charge in [-0.15, -0.1) is 0 Å². The number of hydrogen-bond acceptors (Lipinski definition) is 10. The van der Waals surface area contributed by atoms with Gasteiger partial charge in [0.1, 0.15) is 17.9 Å². The molecule has 3 aromatic rings. The molecule has 2 atom stereocenters. The third-order valence-electron chi connectivity index (χ3n) is 13.5. The van der Waals surface area contributed by atoms with Crippen LogP contribution in [0.5, 0.6) is 0 Å². The summed E-state index contributed by atoms with van der Waals surface area (Å²) in [5.74, 6) is 0.485. The van der Waals surface area contributed by atoms with Crippen LogP contribution in [0.1, 0.15) is 83.7 Å². The molecule has 13 heteroatoms. The standard InChI is InChI=1S/C43H47ClN8O4/c1-27-20-43(26-51(27)33-4-3-30(21-45)36(44)19-33)12-16-50(17-13-43)38-8-2-28(22-46-38)23-48-24-31(25-48)29-10-14-49(15-11-29)32-5-6-34-35(18-32)42(56)52(41(34)55)37-7-9-39(53)47-40(37)54/h2-6,8,18-19,22,27,29,31,37H,7,9-17,20,23-26H2,1H3,(H,47,53,54)/t27-,37?/m0/s1. The summed E-state index contributed by atoms with van der Waals surface area (Å²) in [6.45, 7) is 10.2. The molecule has 2 aromatic carbocycles. The Bertz CT molecular complexity index is 2110. The maximum atomic E-state index is 13.3. The Kier molecular flexibility index (Phi) is 9.49. The zero-order chi connectivity index (χ0) is 38.7. The van der Waals surface area contributed by atoms with Crippen LogP contribution in [0.25, 0.3) is 0 Å². The maximum absolute atomic E-state index is 13.3. The molecule has 6 aliphatic heterocycles. The van der Waals surface area contributed by atoms with Gasteiger partial charge in [-0.1, -0.05) is 17.7 Å². The first-order valence-corrected chi connectivity index (χ1v) is 20.4. The van der Waals surface area contributed by atoms with Gasteiger partial charge >= 0.3 is 0 Å². The molecule has 1 N–H and O–H groups in total. The number of rotatable bonds is 7. The van der Waals surface area contributed by atoms with E-state index in [1.165, 1.54) is 5.56 Å². The summed E-state index contributed by atoms with van der Waals surface area (Å²) >= 11 is 6.38. The second-order valence-corrected chi connectivity index (χ2v) is 17.3. The van der Waals surface area contributed by atoms with E-state index in [1.54, 1.807) is 12.1 Å². The zero-order valence-electron chi connectivity index (χ0n) is 31.8. The number of hydrogen-bond donors (Lipinski definition) is 1. The molecule has 1 aromatic heterocycles. The Labute approximate surface area is 332 Å². The van der Waals surface area contributed by atoms with Gasteiger partial charge < -0.3 is 14.7 Å². The number of anilines is 3. The van der Waals surface area contributed by atoms with Crippen molar-refractivity contribution in [3.05, 3.63) is 82.0 Å². The van der Waals surface area contributed by atoms with E-state index in [0.717, 1.165) is 107 Å². The Hall–Kier alpha value is -4.99. The number of halogens is 1. The van der Waals surface area contributed by atoms with Crippen LogP contribution in [0, 0.1) is 28.6 Å². The van der Waals surface area contributed by atoms with Crippen LogP contribution in [0.4, 0.5) is 17.2 Å². The summed E-state index contributed by atoms with van der Waals surface area (Å²) < 4.78 is 0. The first-order valence-electron chi connectivity index (χ1n) is 20.1. The van der Waals surface area contributed by atoms with E-state index in [0.29, 0.717) is 39.6 Å². The zero-order valence-corrected chi connectivity index (χ0v) is 32.5. The number of piperidine rings is 3. The molecule has 0 saturated carbocycles. The molecule has 5 fully saturated rings. The summed E-state index contributed by atoms with van der Waals surface area (Å²) in [6.07, 6.45) is 7.90. The molecular weight excluding hydrogens is 728 g/mol. The third kappa shape index (κ3) is 6.68. The molecule has 5 saturated heterocycles. The quantitative estimate of drug-likeness (QED) is 0.318. The second kappa shape index (κ2) is 14.5. The third-order valence-corrected chi connectivity index (χ3v) is 13.8. The fraction of sp³-hybridized carbons (Fsp3) is 0.488. The average molecular weight is 775 g/mol. The summed E-state index contributed by atoms with van der Waals surface area (Å²) in [5.41, 5.74) is 4.73. The smallest absolute Gasteiger partial charge is 0.262 e. The van der Waals surface area contributed by atoms with Crippen LogP contribution in [0.15, 0.2) is 54.7 Å². The van der Waals surface area contributed by atoms with Gasteiger partial charge in [0, 0.05) is 82.4 Å². The summed E-state index contributed by atoms with van der Waals surface area (Å²) in [6, 6.07) is 17.3. The number of pyridine rings is 1. The highest BCUT2D eigenvalue weighted by Gasteiger charge is 2.46. The average Bonchev–Trinajstić information content (AvgIpc) is 3.64. The maximum Gasteiger partial charge on any atom is 0.262 e. The van der Waals surface area contributed by atoms with Crippen molar-refractivity contribution in [2.75, 3.05) is 60.5 Å². The number of likely N-dealkylation sites (tertiary alicyclic amines) is 1. The molecule has 7 heterocycles. The Morgan fingerprint density at radius 3 is 2.32 bits per heavy atom. The highest BCUT2D eigenvalue weighted by atomic mass is 35.5. The molecule has 6 aliphatic rings. The lowest BCUT2D eigenvalue weighted by Gasteiger charge is -2.46. The van der Waals surface area contributed by atoms with Crippen LogP contribution in [-0.2, 0) is 16.1 Å². The van der Waals surface area contributed by atoms with E-state index in [-0.39, 0.29) is 24.2 Å². The van der Waals surface area contributed by atoms with Gasteiger partial charge in [0.05, 0.1) is 21.7 Å². The van der Waals surface area contributed by atoms with E-state index in [4.69, 9.17) is 16.6 Å². The summed E-state index contributed by atoms with van der Waals surface area (Å²) in [5, 5.41) is 12.1. The second-order valence-electron chi connectivity index (χ2n) is 16.9. The molecule has 0 radical (unpaired) electrons. The molecular formula is C43H47ClN8O4. The number of imide groups is 2. The molecule has 12 nitrogen and oxygen atoms in total. The number of carbonyl (C=O) groups excluding carboxylic acids is 4. The number of nitrogens with zero attached hydrogens (tertiary/aromatic N) is 7. The van der Waals surface area contributed by atoms with Crippen molar-refractivity contribution in [3.63, 3.8) is 0 Å². The molecule has 290 valence electrons. The van der Waals surface area contributed by atoms with Crippen LogP contribution >= 0.6 is 11.6 Å². The first kappa shape index (κ1) is 36.6. The van der Waals surface area contributed by atoms with Gasteiger partial charge in [-0.3, -0.25) is 34.3 Å². The molecule has 56 heavy (non-hydrogen) atoms. The normalized spacial score (nSPS) is 24.4. The summed E-state index contributed by atoms with van der Waals surface area (Å²) in [4.78, 5) is 66.2. The Morgan fingerprint density at radius 2 is 1.62 bits per heavy atom. The SMILES string of the molecule is C[C@H]1CC2(CCN(c3ccc(CN4CC(C5CCN(c6ccc7c(c6)C(=O)N(C6CCC(=O)NC6=O)C7=O)CC5)C4)cn3)CC2)CN1c1ccc(C#N)c(Cl)c1. The fourth-order valence-electron chi connectivity index (χ4n) is 10.3. The van der Waals surface area contributed by atoms with Gasteiger partial charge in [0.15, 0.2) is 0 Å². The van der Waals surface area contributed by atoms with Gasteiger partial charge in [-0.05, 0) is 111 Å². The topological polar surface area (TPSA) is 133 Å². The van der Waals surface area contributed by atoms with Crippen molar-refractivity contribution >= 4 is 52.4 Å². The molecule has 0 aliphatic carbocycles. The highest BCUT2D eigenvalue weighted by Crippen LogP contribution is 2.46. The largest absolute Gasteiger partial charge is 0.371 e. The van der Waals surface area contributed by atoms with Gasteiger partial charge in [0.2, 0.25) is 11.8 Å². The van der Waals surface area contributed by atoms with Crippen molar-refractivity contribution in [1.82, 2.24) is 20.1 Å². The number of nitriles is 1. The number of benzene rings is 2. The Morgan fingerprint density at radius 1 is 0.875 bits per heavy atom. The minimum Gasteiger partial charge on any atom is -0.371 e. The van der Waals surface area contributed by atoms with E-state index in [1.807, 2.05) is 24.3 Å².